The molecule has 1 fully saturated rings. The fourth-order valence-electron chi connectivity index (χ4n) is 4.32. The predicted molar refractivity (Wildman–Crippen MR) is 113 cm³/mol. The average Bonchev–Trinajstić information content (AvgIpc) is 2.90. The average molecular weight is 417 g/mol. The Morgan fingerprint density at radius 3 is 2.47 bits per heavy atom. The first-order valence-corrected chi connectivity index (χ1v) is 10.9. The molecule has 1 aromatic carbocycles. The largest absolute Gasteiger partial charge is 0.482 e. The fourth-order valence-corrected chi connectivity index (χ4v) is 4.32. The van der Waals surface area contributed by atoms with Crippen LogP contribution in [0.2, 0.25) is 0 Å². The highest BCUT2D eigenvalue weighted by Crippen LogP contribution is 2.37. The van der Waals surface area contributed by atoms with Crippen molar-refractivity contribution in [3.63, 3.8) is 0 Å². The van der Waals surface area contributed by atoms with E-state index in [1.165, 1.54) is 11.1 Å². The third-order valence-corrected chi connectivity index (χ3v) is 5.96. The minimum atomic E-state index is -0.506. The van der Waals surface area contributed by atoms with Gasteiger partial charge in [-0.25, -0.2) is 4.79 Å². The van der Waals surface area contributed by atoms with Gasteiger partial charge in [-0.2, -0.15) is 0 Å². The molecule has 0 unspecified atom stereocenters. The smallest absolute Gasteiger partial charge is 0.410 e. The Morgan fingerprint density at radius 1 is 1.13 bits per heavy atom. The molecule has 0 aromatic heterocycles. The van der Waals surface area contributed by atoms with E-state index in [0.717, 1.165) is 50.3 Å². The minimum Gasteiger partial charge on any atom is -0.482 e. The van der Waals surface area contributed by atoms with Crippen LogP contribution in [0.5, 0.6) is 5.75 Å². The van der Waals surface area contributed by atoms with Crippen molar-refractivity contribution in [3.05, 3.63) is 23.3 Å². The third kappa shape index (κ3) is 4.72. The van der Waals surface area contributed by atoms with E-state index >= 15 is 0 Å². The van der Waals surface area contributed by atoms with E-state index in [0.29, 0.717) is 25.6 Å². The molecule has 0 atom stereocenters. The number of hydrogen-bond acceptors (Lipinski definition) is 5. The number of fused-ring (bicyclic) bond motifs is 2. The first-order valence-electron chi connectivity index (χ1n) is 10.9. The maximum absolute atomic E-state index is 12.6. The van der Waals surface area contributed by atoms with Gasteiger partial charge >= 0.3 is 6.09 Å². The van der Waals surface area contributed by atoms with E-state index in [9.17, 15) is 9.59 Å². The van der Waals surface area contributed by atoms with Crippen LogP contribution in [0.3, 0.4) is 0 Å². The van der Waals surface area contributed by atoms with Gasteiger partial charge in [0.05, 0.1) is 5.69 Å². The third-order valence-electron chi connectivity index (χ3n) is 5.96. The Kier molecular flexibility index (Phi) is 5.91. The van der Waals surface area contributed by atoms with Crippen molar-refractivity contribution in [2.24, 2.45) is 5.92 Å². The van der Waals surface area contributed by atoms with Crippen molar-refractivity contribution in [3.8, 4) is 5.75 Å². The molecule has 3 aliphatic heterocycles. The van der Waals surface area contributed by atoms with E-state index < -0.39 is 5.60 Å². The first-order chi connectivity index (χ1) is 14.3. The van der Waals surface area contributed by atoms with Crippen LogP contribution in [0.1, 0.15) is 44.7 Å². The van der Waals surface area contributed by atoms with E-state index in [1.807, 2.05) is 25.7 Å². The van der Waals surface area contributed by atoms with Crippen LogP contribution < -0.4 is 9.64 Å². The molecule has 7 nitrogen and oxygen atoms in total. The standard InChI is InChI=1S/C23H32N2O5/c1-23(2,3)30-22(27)24-8-4-17-12-19-20(13-18(17)5-9-24)29-15-21(26)25(19)14-16-6-10-28-11-7-16/h12-13,16H,4-11,14-15H2,1-3H3. The molecule has 0 spiro atoms. The lowest BCUT2D eigenvalue weighted by molar-refractivity contribution is -0.121. The molecule has 0 aliphatic carbocycles. The first kappa shape index (κ1) is 21.0. The van der Waals surface area contributed by atoms with Gasteiger partial charge in [-0.05, 0) is 75.6 Å². The second-order valence-electron chi connectivity index (χ2n) is 9.40. The van der Waals surface area contributed by atoms with E-state index in [4.69, 9.17) is 14.2 Å². The number of carbonyl (C=O) groups is 2. The molecule has 3 aliphatic rings. The zero-order chi connectivity index (χ0) is 21.3. The molecule has 0 N–H and O–H groups in total. The number of amides is 2. The van der Waals surface area contributed by atoms with Crippen molar-refractivity contribution in [2.75, 3.05) is 44.4 Å². The van der Waals surface area contributed by atoms with Crippen LogP contribution in [0, 0.1) is 5.92 Å². The van der Waals surface area contributed by atoms with Crippen LogP contribution in [-0.4, -0.2) is 62.0 Å². The number of anilines is 1. The number of hydrogen-bond donors (Lipinski definition) is 0. The SMILES string of the molecule is CC(C)(C)OC(=O)N1CCc2cc3c(cc2CC1)N(CC1CCOCC1)C(=O)CO3. The van der Waals surface area contributed by atoms with Crippen LogP contribution in [0.15, 0.2) is 12.1 Å². The molecule has 2 amide bonds. The van der Waals surface area contributed by atoms with Crippen molar-refractivity contribution >= 4 is 17.7 Å². The van der Waals surface area contributed by atoms with Gasteiger partial charge in [-0.1, -0.05) is 0 Å². The van der Waals surface area contributed by atoms with Crippen LogP contribution in [0.4, 0.5) is 10.5 Å². The van der Waals surface area contributed by atoms with Crippen LogP contribution in [-0.2, 0) is 27.1 Å². The van der Waals surface area contributed by atoms with Crippen molar-refractivity contribution in [1.29, 1.82) is 0 Å². The zero-order valence-electron chi connectivity index (χ0n) is 18.2. The quantitative estimate of drug-likeness (QED) is 0.741. The van der Waals surface area contributed by atoms with Crippen molar-refractivity contribution in [2.45, 2.75) is 52.1 Å². The Bertz CT molecular complexity index is 811. The molecular formula is C23H32N2O5. The lowest BCUT2D eigenvalue weighted by Gasteiger charge is -2.34. The molecular weight excluding hydrogens is 384 g/mol. The van der Waals surface area contributed by atoms with Gasteiger partial charge in [0.25, 0.3) is 5.91 Å². The predicted octanol–water partition coefficient (Wildman–Crippen LogP) is 3.17. The number of rotatable bonds is 2. The summed E-state index contributed by atoms with van der Waals surface area (Å²) in [6, 6.07) is 4.16. The number of nitrogens with zero attached hydrogens (tertiary/aromatic N) is 2. The van der Waals surface area contributed by atoms with E-state index in [2.05, 4.69) is 12.1 Å². The maximum Gasteiger partial charge on any atom is 0.410 e. The molecule has 3 heterocycles. The summed E-state index contributed by atoms with van der Waals surface area (Å²) in [5.41, 5.74) is 2.71. The Balaban J connectivity index is 1.52. The van der Waals surface area contributed by atoms with Crippen LogP contribution in [0.25, 0.3) is 0 Å². The lowest BCUT2D eigenvalue weighted by atomic mass is 9.97. The van der Waals surface area contributed by atoms with Gasteiger partial charge in [0.15, 0.2) is 6.61 Å². The summed E-state index contributed by atoms with van der Waals surface area (Å²) in [6.07, 6.45) is 3.18. The number of benzene rings is 1. The maximum atomic E-state index is 12.6. The second-order valence-corrected chi connectivity index (χ2v) is 9.40. The summed E-state index contributed by atoms with van der Waals surface area (Å²) in [5.74, 6) is 1.24. The Hall–Kier alpha value is -2.28. The fraction of sp³-hybridized carbons (Fsp3) is 0.652. The molecule has 4 rings (SSSR count). The molecule has 0 bridgehead atoms. The summed E-state index contributed by atoms with van der Waals surface area (Å²) in [6.45, 7) is 9.19. The highest BCUT2D eigenvalue weighted by molar-refractivity contribution is 5.98. The highest BCUT2D eigenvalue weighted by atomic mass is 16.6. The summed E-state index contributed by atoms with van der Waals surface area (Å²) in [5, 5.41) is 0. The van der Waals surface area contributed by atoms with Gasteiger partial charge in [0.1, 0.15) is 11.4 Å². The Morgan fingerprint density at radius 2 is 1.80 bits per heavy atom. The van der Waals surface area contributed by atoms with Gasteiger partial charge in [0, 0.05) is 32.8 Å². The molecule has 0 saturated carbocycles. The van der Waals surface area contributed by atoms with Gasteiger partial charge in [-0.15, -0.1) is 0 Å². The zero-order valence-corrected chi connectivity index (χ0v) is 18.2. The van der Waals surface area contributed by atoms with Crippen molar-refractivity contribution in [1.82, 2.24) is 4.90 Å². The molecule has 1 saturated heterocycles. The molecule has 1 aromatic rings. The summed E-state index contributed by atoms with van der Waals surface area (Å²) >= 11 is 0. The summed E-state index contributed by atoms with van der Waals surface area (Å²) < 4.78 is 16.8. The normalized spacial score (nSPS) is 20.2. The second kappa shape index (κ2) is 8.46. The topological polar surface area (TPSA) is 68.3 Å². The monoisotopic (exact) mass is 416 g/mol. The van der Waals surface area contributed by atoms with E-state index in [-0.39, 0.29) is 18.6 Å². The van der Waals surface area contributed by atoms with Gasteiger partial charge in [0.2, 0.25) is 0 Å². The minimum absolute atomic E-state index is 0.0120. The molecule has 7 heteroatoms. The molecule has 30 heavy (non-hydrogen) atoms. The van der Waals surface area contributed by atoms with E-state index in [1.54, 1.807) is 4.90 Å². The lowest BCUT2D eigenvalue weighted by Crippen LogP contribution is -2.42. The molecule has 0 radical (unpaired) electrons. The van der Waals surface area contributed by atoms with Crippen LogP contribution >= 0.6 is 0 Å². The summed E-state index contributed by atoms with van der Waals surface area (Å²) in [4.78, 5) is 28.8. The van der Waals surface area contributed by atoms with Gasteiger partial charge in [-0.3, -0.25) is 4.79 Å². The van der Waals surface area contributed by atoms with Gasteiger partial charge < -0.3 is 24.0 Å². The Labute approximate surface area is 178 Å². The highest BCUT2D eigenvalue weighted by Gasteiger charge is 2.31. The van der Waals surface area contributed by atoms with Crippen molar-refractivity contribution < 1.29 is 23.8 Å². The molecule has 164 valence electrons. The number of carbonyl (C=O) groups excluding carboxylic acids is 2. The number of ether oxygens (including phenoxy) is 3. The summed E-state index contributed by atoms with van der Waals surface area (Å²) in [7, 11) is 0.